The summed E-state index contributed by atoms with van der Waals surface area (Å²) in [6.45, 7) is 2.11. The van der Waals surface area contributed by atoms with Crippen molar-refractivity contribution in [2.75, 3.05) is 6.61 Å². The molecule has 0 aromatic heterocycles. The van der Waals surface area contributed by atoms with Gasteiger partial charge in [0.1, 0.15) is 12.7 Å². The molecule has 2 rings (SSSR count). The summed E-state index contributed by atoms with van der Waals surface area (Å²) >= 11 is 6.04. The molecule has 0 saturated carbocycles. The van der Waals surface area contributed by atoms with E-state index in [0.29, 0.717) is 5.02 Å². The van der Waals surface area contributed by atoms with E-state index >= 15 is 0 Å². The molecule has 0 bridgehead atoms. The lowest BCUT2D eigenvalue weighted by atomic mass is 10.1. The minimum Gasteiger partial charge on any atom is -0.334 e. The number of terminal acetylenes is 1. The molecule has 1 aromatic carbocycles. The third kappa shape index (κ3) is 2.00. The Hall–Kier alpha value is -1.01. The molecule has 1 aromatic rings. The van der Waals surface area contributed by atoms with Gasteiger partial charge in [0, 0.05) is 10.6 Å². The number of halogens is 1. The molecule has 0 spiro atoms. The number of hydrogen-bond acceptors (Lipinski definition) is 2. The van der Waals surface area contributed by atoms with Gasteiger partial charge in [-0.15, -0.1) is 6.42 Å². The summed E-state index contributed by atoms with van der Waals surface area (Å²) in [5.41, 5.74) is 0.943. The topological polar surface area (TPSA) is 21.8 Å². The number of hydrogen-bond donors (Lipinski definition) is 0. The molecule has 1 heterocycles. The van der Waals surface area contributed by atoms with Gasteiger partial charge in [-0.3, -0.25) is 0 Å². The lowest BCUT2D eigenvalue weighted by Crippen LogP contribution is -2.12. The van der Waals surface area contributed by atoms with E-state index in [0.717, 1.165) is 5.56 Å². The maximum Gasteiger partial charge on any atom is 0.198 e. The lowest BCUT2D eigenvalue weighted by Gasteiger charge is -2.06. The smallest absolute Gasteiger partial charge is 0.198 e. The quantitative estimate of drug-likeness (QED) is 0.580. The number of ether oxygens (including phenoxy) is 2. The molecule has 0 N–H and O–H groups in total. The van der Waals surface area contributed by atoms with E-state index in [1.54, 1.807) is 0 Å². The normalized spacial score (nSPS) is 28.5. The molecule has 0 amide bonds. The Labute approximate surface area is 94.1 Å². The molecule has 15 heavy (non-hydrogen) atoms. The van der Waals surface area contributed by atoms with E-state index < -0.39 is 5.79 Å². The van der Waals surface area contributed by atoms with Crippen LogP contribution in [0.4, 0.5) is 0 Å². The first-order chi connectivity index (χ1) is 7.17. The van der Waals surface area contributed by atoms with E-state index in [1.165, 1.54) is 0 Å². The van der Waals surface area contributed by atoms with E-state index in [2.05, 4.69) is 5.92 Å². The summed E-state index contributed by atoms with van der Waals surface area (Å²) < 4.78 is 10.9. The van der Waals surface area contributed by atoms with Crippen LogP contribution in [0.2, 0.25) is 5.02 Å². The predicted molar refractivity (Wildman–Crippen MR) is 58.5 cm³/mol. The second-order valence-electron chi connectivity index (χ2n) is 3.53. The summed E-state index contributed by atoms with van der Waals surface area (Å²) in [6.07, 6.45) is 5.01. The van der Waals surface area contributed by atoms with Crippen LogP contribution in [0.3, 0.4) is 0 Å². The average Bonchev–Trinajstić information content (AvgIpc) is 2.89. The summed E-state index contributed by atoms with van der Waals surface area (Å²) in [5, 5.41) is 0.690. The molecule has 0 radical (unpaired) electrons. The predicted octanol–water partition coefficient (Wildman–Crippen LogP) is 2.78. The van der Waals surface area contributed by atoms with Gasteiger partial charge < -0.3 is 9.47 Å². The second-order valence-corrected chi connectivity index (χ2v) is 3.94. The molecule has 0 unspecified atom stereocenters. The van der Waals surface area contributed by atoms with Crippen molar-refractivity contribution in [2.45, 2.75) is 18.8 Å². The van der Waals surface area contributed by atoms with E-state index in [-0.39, 0.29) is 12.7 Å². The van der Waals surface area contributed by atoms with Crippen molar-refractivity contribution in [3.05, 3.63) is 34.9 Å². The minimum atomic E-state index is -0.614. The molecule has 2 atom stereocenters. The van der Waals surface area contributed by atoms with Crippen LogP contribution in [0, 0.1) is 12.3 Å². The van der Waals surface area contributed by atoms with Crippen LogP contribution in [0.5, 0.6) is 0 Å². The molecule has 1 fully saturated rings. The highest BCUT2D eigenvalue weighted by molar-refractivity contribution is 6.31. The lowest BCUT2D eigenvalue weighted by molar-refractivity contribution is -0.0123. The summed E-state index contributed by atoms with van der Waals surface area (Å²) in [6, 6.07) is 7.57. The zero-order valence-electron chi connectivity index (χ0n) is 8.37. The summed E-state index contributed by atoms with van der Waals surface area (Å²) in [4.78, 5) is 0. The fraction of sp³-hybridized carbons (Fsp3) is 0.333. The Balaban J connectivity index is 2.11. The molecular formula is C12H11ClO2. The molecular weight excluding hydrogens is 212 g/mol. The standard InChI is InChI=1S/C12H11ClO2/c1-3-8-14-12(2)11(15-12)9-6-4-5-7-10(9)13/h1,4-7,11H,8H2,2H3/t11-,12-/m1/s1. The van der Waals surface area contributed by atoms with Gasteiger partial charge in [-0.1, -0.05) is 35.7 Å². The first kappa shape index (κ1) is 10.5. The molecule has 2 nitrogen and oxygen atoms in total. The number of benzene rings is 1. The van der Waals surface area contributed by atoms with Gasteiger partial charge in [0.2, 0.25) is 0 Å². The maximum atomic E-state index is 6.04. The van der Waals surface area contributed by atoms with Gasteiger partial charge in [-0.25, -0.2) is 0 Å². The van der Waals surface area contributed by atoms with Crippen LogP contribution < -0.4 is 0 Å². The van der Waals surface area contributed by atoms with Crippen LogP contribution in [0.25, 0.3) is 0 Å². The van der Waals surface area contributed by atoms with Crippen molar-refractivity contribution >= 4 is 11.6 Å². The summed E-state index contributed by atoms with van der Waals surface area (Å²) in [5.74, 6) is 1.80. The molecule has 3 heteroatoms. The van der Waals surface area contributed by atoms with Gasteiger partial charge in [0.05, 0.1) is 0 Å². The van der Waals surface area contributed by atoms with Gasteiger partial charge in [0.25, 0.3) is 0 Å². The fourth-order valence-electron chi connectivity index (χ4n) is 1.53. The van der Waals surface area contributed by atoms with Gasteiger partial charge >= 0.3 is 0 Å². The van der Waals surface area contributed by atoms with Crippen molar-refractivity contribution in [1.82, 2.24) is 0 Å². The number of rotatable bonds is 3. The second kappa shape index (κ2) is 3.86. The van der Waals surface area contributed by atoms with Gasteiger partial charge in [0.15, 0.2) is 5.79 Å². The van der Waals surface area contributed by atoms with Crippen molar-refractivity contribution in [2.24, 2.45) is 0 Å². The highest BCUT2D eigenvalue weighted by Crippen LogP contribution is 2.51. The Morgan fingerprint density at radius 3 is 3.00 bits per heavy atom. The molecule has 0 aliphatic carbocycles. The van der Waals surface area contributed by atoms with E-state index in [4.69, 9.17) is 27.5 Å². The Kier molecular flexibility index (Phi) is 2.70. The van der Waals surface area contributed by atoms with E-state index in [1.807, 2.05) is 31.2 Å². The van der Waals surface area contributed by atoms with Gasteiger partial charge in [-0.05, 0) is 13.0 Å². The number of epoxide rings is 1. The Morgan fingerprint density at radius 2 is 2.33 bits per heavy atom. The fourth-order valence-corrected chi connectivity index (χ4v) is 1.76. The van der Waals surface area contributed by atoms with Crippen LogP contribution in [-0.2, 0) is 9.47 Å². The van der Waals surface area contributed by atoms with Crippen LogP contribution in [-0.4, -0.2) is 12.4 Å². The SMILES string of the molecule is C#CCO[C@]1(C)O[C@@H]1c1ccccc1Cl. The van der Waals surface area contributed by atoms with E-state index in [9.17, 15) is 0 Å². The summed E-state index contributed by atoms with van der Waals surface area (Å²) in [7, 11) is 0. The zero-order chi connectivity index (χ0) is 10.9. The Bertz CT molecular complexity index is 410. The van der Waals surface area contributed by atoms with Crippen LogP contribution in [0.15, 0.2) is 24.3 Å². The third-order valence-corrected chi connectivity index (χ3v) is 2.74. The Morgan fingerprint density at radius 1 is 1.60 bits per heavy atom. The first-order valence-electron chi connectivity index (χ1n) is 4.67. The maximum absolute atomic E-state index is 6.04. The van der Waals surface area contributed by atoms with Crippen molar-refractivity contribution in [1.29, 1.82) is 0 Å². The molecule has 1 aliphatic heterocycles. The molecule has 1 aliphatic rings. The largest absolute Gasteiger partial charge is 0.334 e. The van der Waals surface area contributed by atoms with Gasteiger partial charge in [-0.2, -0.15) is 0 Å². The van der Waals surface area contributed by atoms with Crippen molar-refractivity contribution in [3.8, 4) is 12.3 Å². The molecule has 1 saturated heterocycles. The molecule has 78 valence electrons. The highest BCUT2D eigenvalue weighted by atomic mass is 35.5. The van der Waals surface area contributed by atoms with Crippen LogP contribution in [0.1, 0.15) is 18.6 Å². The first-order valence-corrected chi connectivity index (χ1v) is 5.05. The van der Waals surface area contributed by atoms with Crippen molar-refractivity contribution in [3.63, 3.8) is 0 Å². The average molecular weight is 223 g/mol. The van der Waals surface area contributed by atoms with Crippen molar-refractivity contribution < 1.29 is 9.47 Å². The monoisotopic (exact) mass is 222 g/mol. The third-order valence-electron chi connectivity index (χ3n) is 2.40. The van der Waals surface area contributed by atoms with Crippen LogP contribution >= 0.6 is 11.6 Å². The minimum absolute atomic E-state index is 0.112. The highest BCUT2D eigenvalue weighted by Gasteiger charge is 2.55. The zero-order valence-corrected chi connectivity index (χ0v) is 9.12.